The third-order valence-corrected chi connectivity index (χ3v) is 4.24. The summed E-state index contributed by atoms with van der Waals surface area (Å²) in [6, 6.07) is 0.349. The Morgan fingerprint density at radius 3 is 2.89 bits per heavy atom. The fraction of sp³-hybridized carbons (Fsp3) is 0.462. The summed E-state index contributed by atoms with van der Waals surface area (Å²) in [5.74, 6) is 3.67. The highest BCUT2D eigenvalue weighted by Crippen LogP contribution is 2.34. The van der Waals surface area contributed by atoms with Gasteiger partial charge in [0.2, 0.25) is 0 Å². The Labute approximate surface area is 116 Å². The SMILES string of the molecule is CNc1nc(-c2cncn2C(C)C)nc2c1CSC2. The molecular formula is C13H17N5S. The molecule has 0 saturated carbocycles. The molecule has 0 fully saturated rings. The first kappa shape index (κ1) is 12.5. The Balaban J connectivity index is 2.13. The van der Waals surface area contributed by atoms with Crippen LogP contribution in [0.4, 0.5) is 5.82 Å². The molecule has 2 aromatic rings. The van der Waals surface area contributed by atoms with Gasteiger partial charge < -0.3 is 9.88 Å². The minimum atomic E-state index is 0.349. The number of hydrogen-bond acceptors (Lipinski definition) is 5. The quantitative estimate of drug-likeness (QED) is 0.933. The Morgan fingerprint density at radius 2 is 2.16 bits per heavy atom. The van der Waals surface area contributed by atoms with E-state index in [0.29, 0.717) is 6.04 Å². The lowest BCUT2D eigenvalue weighted by Crippen LogP contribution is -2.07. The highest BCUT2D eigenvalue weighted by Gasteiger charge is 2.21. The van der Waals surface area contributed by atoms with Gasteiger partial charge in [0.15, 0.2) is 5.82 Å². The van der Waals surface area contributed by atoms with E-state index in [2.05, 4.69) is 33.7 Å². The minimum absolute atomic E-state index is 0.349. The van der Waals surface area contributed by atoms with Crippen LogP contribution in [-0.2, 0) is 11.5 Å². The molecule has 0 aromatic carbocycles. The molecule has 0 radical (unpaired) electrons. The number of hydrogen-bond donors (Lipinski definition) is 1. The first-order chi connectivity index (χ1) is 9.20. The third kappa shape index (κ3) is 2.10. The maximum atomic E-state index is 4.71. The molecular weight excluding hydrogens is 258 g/mol. The third-order valence-electron chi connectivity index (χ3n) is 3.27. The molecule has 5 nitrogen and oxygen atoms in total. The van der Waals surface area contributed by atoms with Crippen LogP contribution >= 0.6 is 11.8 Å². The molecule has 0 atom stereocenters. The van der Waals surface area contributed by atoms with Crippen LogP contribution in [0.1, 0.15) is 31.1 Å². The molecule has 0 aliphatic carbocycles. The van der Waals surface area contributed by atoms with E-state index < -0.39 is 0 Å². The molecule has 0 unspecified atom stereocenters. The predicted molar refractivity (Wildman–Crippen MR) is 78.2 cm³/mol. The van der Waals surface area contributed by atoms with Gasteiger partial charge in [0.05, 0.1) is 18.2 Å². The summed E-state index contributed by atoms with van der Waals surface area (Å²) in [4.78, 5) is 13.6. The van der Waals surface area contributed by atoms with Gasteiger partial charge in [0, 0.05) is 30.2 Å². The van der Waals surface area contributed by atoms with E-state index in [0.717, 1.165) is 34.5 Å². The lowest BCUT2D eigenvalue weighted by atomic mass is 10.2. The lowest BCUT2D eigenvalue weighted by molar-refractivity contribution is 0.603. The number of thioether (sulfide) groups is 1. The van der Waals surface area contributed by atoms with Crippen LogP contribution in [0.2, 0.25) is 0 Å². The summed E-state index contributed by atoms with van der Waals surface area (Å²) < 4.78 is 2.10. The Hall–Kier alpha value is -1.56. The molecule has 1 aliphatic rings. The van der Waals surface area contributed by atoms with Crippen molar-refractivity contribution in [1.82, 2.24) is 19.5 Å². The maximum Gasteiger partial charge on any atom is 0.180 e. The number of rotatable bonds is 3. The normalized spacial score (nSPS) is 13.9. The predicted octanol–water partition coefficient (Wildman–Crippen LogP) is 2.71. The van der Waals surface area contributed by atoms with Crippen molar-refractivity contribution < 1.29 is 0 Å². The van der Waals surface area contributed by atoms with E-state index in [1.165, 1.54) is 5.56 Å². The van der Waals surface area contributed by atoms with Gasteiger partial charge in [-0.05, 0) is 13.8 Å². The average molecular weight is 275 g/mol. The molecule has 2 aromatic heterocycles. The molecule has 3 rings (SSSR count). The van der Waals surface area contributed by atoms with Gasteiger partial charge in [-0.15, -0.1) is 0 Å². The number of anilines is 1. The molecule has 0 bridgehead atoms. The second-order valence-corrected chi connectivity index (χ2v) is 5.83. The molecule has 3 heterocycles. The average Bonchev–Trinajstić information content (AvgIpc) is 3.05. The largest absolute Gasteiger partial charge is 0.373 e. The van der Waals surface area contributed by atoms with Crippen LogP contribution in [0.15, 0.2) is 12.5 Å². The van der Waals surface area contributed by atoms with Crippen LogP contribution in [0.5, 0.6) is 0 Å². The van der Waals surface area contributed by atoms with Crippen LogP contribution in [0.25, 0.3) is 11.5 Å². The van der Waals surface area contributed by atoms with Crippen molar-refractivity contribution in [2.75, 3.05) is 12.4 Å². The number of aromatic nitrogens is 4. The monoisotopic (exact) mass is 275 g/mol. The number of nitrogens with zero attached hydrogens (tertiary/aromatic N) is 4. The highest BCUT2D eigenvalue weighted by molar-refractivity contribution is 7.98. The smallest absolute Gasteiger partial charge is 0.180 e. The number of nitrogens with one attached hydrogen (secondary N) is 1. The molecule has 0 saturated heterocycles. The Bertz CT molecular complexity index is 605. The van der Waals surface area contributed by atoms with Crippen molar-refractivity contribution >= 4 is 17.6 Å². The molecule has 6 heteroatoms. The Morgan fingerprint density at radius 1 is 1.32 bits per heavy atom. The fourth-order valence-corrected chi connectivity index (χ4v) is 3.30. The van der Waals surface area contributed by atoms with Crippen molar-refractivity contribution in [1.29, 1.82) is 0 Å². The van der Waals surface area contributed by atoms with Crippen LogP contribution in [-0.4, -0.2) is 26.6 Å². The summed E-state index contributed by atoms with van der Waals surface area (Å²) >= 11 is 1.88. The van der Waals surface area contributed by atoms with Crippen molar-refractivity contribution in [2.45, 2.75) is 31.4 Å². The second-order valence-electron chi connectivity index (χ2n) is 4.84. The van der Waals surface area contributed by atoms with Crippen LogP contribution in [0.3, 0.4) is 0 Å². The molecule has 100 valence electrons. The summed E-state index contributed by atoms with van der Waals surface area (Å²) in [6.45, 7) is 4.26. The van der Waals surface area contributed by atoms with Gasteiger partial charge in [-0.25, -0.2) is 15.0 Å². The first-order valence-electron chi connectivity index (χ1n) is 6.38. The van der Waals surface area contributed by atoms with E-state index in [1.807, 2.05) is 31.3 Å². The molecule has 1 N–H and O–H groups in total. The van der Waals surface area contributed by atoms with E-state index in [1.54, 1.807) is 0 Å². The van der Waals surface area contributed by atoms with E-state index in [9.17, 15) is 0 Å². The Kier molecular flexibility index (Phi) is 3.18. The summed E-state index contributed by atoms with van der Waals surface area (Å²) in [5, 5.41) is 3.18. The number of imidazole rings is 1. The van der Waals surface area contributed by atoms with E-state index in [4.69, 9.17) is 4.98 Å². The van der Waals surface area contributed by atoms with Crippen LogP contribution < -0.4 is 5.32 Å². The minimum Gasteiger partial charge on any atom is -0.373 e. The van der Waals surface area contributed by atoms with Crippen molar-refractivity contribution in [3.8, 4) is 11.5 Å². The molecule has 0 spiro atoms. The first-order valence-corrected chi connectivity index (χ1v) is 7.53. The zero-order valence-corrected chi connectivity index (χ0v) is 12.2. The molecule has 19 heavy (non-hydrogen) atoms. The van der Waals surface area contributed by atoms with Gasteiger partial charge in [-0.1, -0.05) is 0 Å². The highest BCUT2D eigenvalue weighted by atomic mass is 32.2. The van der Waals surface area contributed by atoms with Crippen molar-refractivity contribution in [3.63, 3.8) is 0 Å². The fourth-order valence-electron chi connectivity index (χ4n) is 2.26. The van der Waals surface area contributed by atoms with E-state index >= 15 is 0 Å². The molecule has 1 aliphatic heterocycles. The second kappa shape index (κ2) is 4.85. The van der Waals surface area contributed by atoms with Gasteiger partial charge in [-0.3, -0.25) is 0 Å². The van der Waals surface area contributed by atoms with E-state index in [-0.39, 0.29) is 0 Å². The zero-order valence-electron chi connectivity index (χ0n) is 11.3. The number of fused-ring (bicyclic) bond motifs is 1. The van der Waals surface area contributed by atoms with Gasteiger partial charge >= 0.3 is 0 Å². The van der Waals surface area contributed by atoms with Gasteiger partial charge in [-0.2, -0.15) is 11.8 Å². The van der Waals surface area contributed by atoms with Gasteiger partial charge in [0.1, 0.15) is 11.5 Å². The standard InChI is InChI=1S/C13H17N5S/c1-8(2)18-7-15-4-11(18)13-16-10-6-19-5-9(10)12(14-3)17-13/h4,7-8H,5-6H2,1-3H3,(H,14,16,17). The van der Waals surface area contributed by atoms with Crippen LogP contribution in [0, 0.1) is 0 Å². The van der Waals surface area contributed by atoms with Crippen molar-refractivity contribution in [2.24, 2.45) is 0 Å². The van der Waals surface area contributed by atoms with Crippen molar-refractivity contribution in [3.05, 3.63) is 23.8 Å². The summed E-state index contributed by atoms with van der Waals surface area (Å²) in [6.07, 6.45) is 3.67. The maximum absolute atomic E-state index is 4.71. The van der Waals surface area contributed by atoms with Gasteiger partial charge in [0.25, 0.3) is 0 Å². The molecule has 0 amide bonds. The lowest BCUT2D eigenvalue weighted by Gasteiger charge is -2.13. The summed E-state index contributed by atoms with van der Waals surface area (Å²) in [7, 11) is 1.91. The topological polar surface area (TPSA) is 55.6 Å². The summed E-state index contributed by atoms with van der Waals surface area (Å²) in [5.41, 5.74) is 3.37. The zero-order chi connectivity index (χ0) is 13.4.